The number of carbonyl (C=O) groups excluding carboxylic acids is 1. The van der Waals surface area contributed by atoms with E-state index in [2.05, 4.69) is 156 Å². The third-order valence-electron chi connectivity index (χ3n) is 31.9. The molecule has 17 atom stereocenters. The summed E-state index contributed by atoms with van der Waals surface area (Å²) in [4.78, 5) is 25.5. The first kappa shape index (κ1) is 65.0. The van der Waals surface area contributed by atoms with E-state index in [1.54, 1.807) is 11.1 Å². The molecule has 17 aliphatic rings. The van der Waals surface area contributed by atoms with Gasteiger partial charge < -0.3 is 34.3 Å². The van der Waals surface area contributed by atoms with Crippen molar-refractivity contribution in [2.45, 2.75) is 238 Å². The van der Waals surface area contributed by atoms with Crippen molar-refractivity contribution in [3.63, 3.8) is 0 Å². The molecular weight excluding hydrogens is 1270 g/mol. The summed E-state index contributed by atoms with van der Waals surface area (Å²) >= 11 is 0. The molecule has 8 aliphatic heterocycles. The van der Waals surface area contributed by atoms with Crippen molar-refractivity contribution < 1.29 is 28.5 Å². The maximum atomic E-state index is 12.4. The summed E-state index contributed by atoms with van der Waals surface area (Å²) in [6.45, 7) is 13.6. The molecule has 6 bridgehead atoms. The monoisotopic (exact) mass is 1380 g/mol. The summed E-state index contributed by atoms with van der Waals surface area (Å²) in [7, 11) is 0. The zero-order valence-corrected chi connectivity index (χ0v) is 61.1. The van der Waals surface area contributed by atoms with Gasteiger partial charge in [0.1, 0.15) is 5.78 Å². The fourth-order valence-corrected chi connectivity index (χ4v) is 26.5. The molecular formula is C92H105N5O6. The number of aromatic nitrogens is 3. The van der Waals surface area contributed by atoms with Gasteiger partial charge >= 0.3 is 0 Å². The van der Waals surface area contributed by atoms with Crippen LogP contribution in [0.1, 0.15) is 209 Å². The van der Waals surface area contributed by atoms with Crippen molar-refractivity contribution in [1.82, 2.24) is 25.6 Å². The van der Waals surface area contributed by atoms with Gasteiger partial charge in [0.05, 0.1) is 60.0 Å². The van der Waals surface area contributed by atoms with E-state index in [9.17, 15) is 4.79 Å². The molecule has 11 heteroatoms. The van der Waals surface area contributed by atoms with Gasteiger partial charge in [0.15, 0.2) is 0 Å². The molecule has 534 valence electrons. The largest absolute Gasteiger partial charge is 0.381 e. The molecule has 0 unspecified atom stereocenters. The van der Waals surface area contributed by atoms with Gasteiger partial charge in [-0.1, -0.05) is 93.6 Å². The first-order valence-corrected chi connectivity index (χ1v) is 40.7. The predicted molar refractivity (Wildman–Crippen MR) is 404 cm³/mol. The van der Waals surface area contributed by atoms with Crippen LogP contribution in [0.15, 0.2) is 180 Å². The second-order valence-corrected chi connectivity index (χ2v) is 36.8. The van der Waals surface area contributed by atoms with Crippen LogP contribution in [0.4, 0.5) is 0 Å². The lowest BCUT2D eigenvalue weighted by atomic mass is 9.58. The number of ketones is 1. The van der Waals surface area contributed by atoms with Crippen LogP contribution in [0, 0.1) is 45.8 Å². The fourth-order valence-electron chi connectivity index (χ4n) is 26.5. The number of pyridine rings is 3. The Morgan fingerprint density at radius 3 is 1.18 bits per heavy atom. The topological polar surface area (TPSA) is 126 Å². The predicted octanol–water partition coefficient (Wildman–Crippen LogP) is 18.2. The summed E-state index contributed by atoms with van der Waals surface area (Å²) in [6.07, 6.45) is 54.1. The van der Waals surface area contributed by atoms with Crippen LogP contribution < -0.4 is 10.6 Å². The zero-order chi connectivity index (χ0) is 68.8. The molecule has 6 saturated carbocycles. The summed E-state index contributed by atoms with van der Waals surface area (Å²) in [5.74, 6) is 5.19. The number of benzene rings is 3. The molecule has 11 nitrogen and oxygen atoms in total. The molecule has 3 aromatic heterocycles. The van der Waals surface area contributed by atoms with Crippen LogP contribution in [0.3, 0.4) is 0 Å². The number of fused-ring (bicyclic) bond motifs is 6. The average molecular weight is 1380 g/mol. The zero-order valence-electron chi connectivity index (χ0n) is 61.1. The molecule has 0 radical (unpaired) electrons. The Kier molecular flexibility index (Phi) is 15.1. The van der Waals surface area contributed by atoms with Crippen LogP contribution in [-0.4, -0.2) is 106 Å². The van der Waals surface area contributed by atoms with Crippen LogP contribution >= 0.6 is 0 Å². The number of rotatable bonds is 9. The number of Topliss-reactive ketones (excluding diaryl/α,β-unsaturated/α-hetero) is 1. The molecule has 11 heterocycles. The summed E-state index contributed by atoms with van der Waals surface area (Å²) in [5, 5.41) is 15.4. The quantitative estimate of drug-likeness (QED) is 0.144. The van der Waals surface area contributed by atoms with E-state index >= 15 is 0 Å². The van der Waals surface area contributed by atoms with E-state index in [1.807, 2.05) is 37.2 Å². The van der Waals surface area contributed by atoms with E-state index in [0.717, 1.165) is 90.9 Å². The number of hydrogen-bond acceptors (Lipinski definition) is 11. The van der Waals surface area contributed by atoms with Gasteiger partial charge in [-0.25, -0.2) is 0 Å². The van der Waals surface area contributed by atoms with Gasteiger partial charge in [0.25, 0.3) is 0 Å². The van der Waals surface area contributed by atoms with Crippen LogP contribution in [0.5, 0.6) is 0 Å². The number of ether oxygens (including phenoxy) is 5. The highest BCUT2D eigenvalue weighted by Crippen LogP contribution is 2.73. The third kappa shape index (κ3) is 9.88. The van der Waals surface area contributed by atoms with Crippen molar-refractivity contribution in [2.24, 2.45) is 45.8 Å². The van der Waals surface area contributed by atoms with E-state index in [1.165, 1.54) is 161 Å². The summed E-state index contributed by atoms with van der Waals surface area (Å²) in [6, 6.07) is 28.6. The molecule has 6 spiro atoms. The lowest BCUT2D eigenvalue weighted by Gasteiger charge is -2.54. The Hall–Kier alpha value is -6.28. The Labute approximate surface area is 609 Å². The summed E-state index contributed by atoms with van der Waals surface area (Å²) in [5.41, 5.74) is 13.5. The second kappa shape index (κ2) is 23.9. The molecule has 9 aliphatic carbocycles. The molecule has 3 aromatic carbocycles. The molecule has 5 saturated heterocycles. The van der Waals surface area contributed by atoms with E-state index < -0.39 is 0 Å². The molecule has 11 fully saturated rings. The van der Waals surface area contributed by atoms with E-state index in [4.69, 9.17) is 23.7 Å². The van der Waals surface area contributed by atoms with Crippen molar-refractivity contribution in [3.8, 4) is 0 Å². The average Bonchev–Trinajstić information content (AvgIpc) is 1.55. The van der Waals surface area contributed by atoms with Crippen molar-refractivity contribution in [2.75, 3.05) is 39.5 Å². The normalized spacial score (nSPS) is 41.1. The minimum atomic E-state index is -0.294. The standard InChI is InChI=1S/2C32H38N2O2.C28H29NO2/c2*1-30-10-8-26-15-25-4-5-27(34-17-21-19-35-20-21)16-31(25)11-12-32(26,36-31)29(30)7-6-28(30)23-3-2-22-9-13-33-18-24(22)14-23;1-26-10-8-22-15-21-4-5-23(30)16-27(21)11-12-28(22,31-27)25(26)7-6-24(26)19-3-2-18-9-13-29-17-20(18)14-19/h2*2-3,8-9,13-15,18,21,27-29,34H,4-7,10-12,16-17,19-20H2,1H3;2-3,8-9,13-15,17,24-25H,4-7,10-12,16H2,1H3/t27-,28+,29+,30+,31+,32+;27-,28-,29-,30-,31-,32-;24-,25-,26-,27-,28-/m011/s1. The lowest BCUT2D eigenvalue weighted by molar-refractivity contribution is -0.146. The fraction of sp³-hybridized carbons (Fsp3) is 0.565. The van der Waals surface area contributed by atoms with Crippen LogP contribution in [-0.2, 0) is 28.5 Å². The van der Waals surface area contributed by atoms with Gasteiger partial charge in [-0.05, 0) is 296 Å². The number of hydrogen-bond donors (Lipinski definition) is 2. The Bertz CT molecular complexity index is 4480. The first-order chi connectivity index (χ1) is 50.2. The number of carbonyl (C=O) groups is 1. The van der Waals surface area contributed by atoms with Crippen LogP contribution in [0.2, 0.25) is 0 Å². The molecule has 6 aromatic rings. The summed E-state index contributed by atoms with van der Waals surface area (Å²) < 4.78 is 32.9. The number of allylic oxidation sites excluding steroid dienone is 3. The van der Waals surface area contributed by atoms with Crippen molar-refractivity contribution in [3.05, 3.63) is 197 Å². The lowest BCUT2D eigenvalue weighted by Crippen LogP contribution is -2.55. The SMILES string of the molecule is C[C@]12CC=C3C=C4CCC(=O)C[C@]45CC[C@]3(O5)[C@@H]1CC[C@@H]2c1ccc2ccncc2c1.C[C@]12CC=C3C=C4CC[C@@H](NCC5COC5)C[C@]45CC[C@]3(O5)[C@@H]1CC[C@@H]2c1ccc2ccncc2c1.C[C@]12CC=C3C=C4CC[C@H](NCC5COC5)C[C@]45CC[C@]3(O5)[C@@H]1CC[C@@H]2c1ccc2ccncc2c1. The Morgan fingerprint density at radius 1 is 0.417 bits per heavy atom. The molecule has 23 rings (SSSR count). The molecule has 2 N–H and O–H groups in total. The van der Waals surface area contributed by atoms with Crippen molar-refractivity contribution in [1.29, 1.82) is 0 Å². The van der Waals surface area contributed by atoms with E-state index in [-0.39, 0.29) is 49.9 Å². The molecule has 103 heavy (non-hydrogen) atoms. The minimum Gasteiger partial charge on any atom is -0.381 e. The second-order valence-electron chi connectivity index (χ2n) is 36.8. The first-order valence-electron chi connectivity index (χ1n) is 40.7. The number of nitrogens with zero attached hydrogens (tertiary/aromatic N) is 3. The molecule has 0 amide bonds. The Balaban J connectivity index is 0.000000100. The Morgan fingerprint density at radius 2 is 0.796 bits per heavy atom. The van der Waals surface area contributed by atoms with Gasteiger partial charge in [0.2, 0.25) is 0 Å². The van der Waals surface area contributed by atoms with Gasteiger partial charge in [-0.15, -0.1) is 0 Å². The number of nitrogens with one attached hydrogen (secondary N) is 2. The minimum absolute atomic E-state index is 0.0334. The highest BCUT2D eigenvalue weighted by molar-refractivity contribution is 5.85. The van der Waals surface area contributed by atoms with Gasteiger partial charge in [-0.2, -0.15) is 0 Å². The van der Waals surface area contributed by atoms with Crippen LogP contribution in [0.25, 0.3) is 32.3 Å². The van der Waals surface area contributed by atoms with Crippen molar-refractivity contribution >= 4 is 38.1 Å². The highest BCUT2D eigenvalue weighted by Gasteiger charge is 2.70. The van der Waals surface area contributed by atoms with E-state index in [0.29, 0.717) is 78.1 Å². The van der Waals surface area contributed by atoms with Gasteiger partial charge in [0, 0.05) is 103 Å². The van der Waals surface area contributed by atoms with Gasteiger partial charge in [-0.3, -0.25) is 19.7 Å². The third-order valence-corrected chi connectivity index (χ3v) is 31.9. The maximum absolute atomic E-state index is 12.4. The smallest absolute Gasteiger partial charge is 0.136 e. The maximum Gasteiger partial charge on any atom is 0.136 e. The highest BCUT2D eigenvalue weighted by atomic mass is 16.5.